The molecule has 1 saturated heterocycles. The summed E-state index contributed by atoms with van der Waals surface area (Å²) in [5, 5.41) is 21.1. The van der Waals surface area contributed by atoms with Crippen LogP contribution in [0.3, 0.4) is 0 Å². The smallest absolute Gasteiger partial charge is 0.403 e. The van der Waals surface area contributed by atoms with Crippen molar-refractivity contribution in [2.45, 2.75) is 83.3 Å². The third kappa shape index (κ3) is 5.42. The molecule has 0 radical (unpaired) electrons. The van der Waals surface area contributed by atoms with Crippen LogP contribution >= 0.6 is 20.0 Å². The van der Waals surface area contributed by atoms with Gasteiger partial charge in [-0.1, -0.05) is 59.7 Å². The van der Waals surface area contributed by atoms with Gasteiger partial charge in [0.2, 0.25) is 0 Å². The molecule has 4 rings (SSSR count). The zero-order chi connectivity index (χ0) is 31.8. The van der Waals surface area contributed by atoms with Gasteiger partial charge in [-0.3, -0.25) is 18.6 Å². The third-order valence-electron chi connectivity index (χ3n) is 6.48. The summed E-state index contributed by atoms with van der Waals surface area (Å²) < 4.78 is 82.9. The SMILES string of the molecule is [2H]C([2H])(OP1(=O)OCc2c(F)c(C(C)(C)C)cc(C(C)(C)C)c2O1)[C@@]1(F)O[C@@H](n2cc(C#C)c(=S)[nH]c2=O)[C@H](O)[C@@H]1O. The molecule has 3 heterocycles. The molecule has 40 heavy (non-hydrogen) atoms. The predicted molar refractivity (Wildman–Crippen MR) is 143 cm³/mol. The van der Waals surface area contributed by atoms with Gasteiger partial charge in [0, 0.05) is 11.8 Å². The van der Waals surface area contributed by atoms with E-state index in [0.29, 0.717) is 15.7 Å². The Morgan fingerprint density at radius 2 is 1.95 bits per heavy atom. The average molecular weight is 603 g/mol. The lowest BCUT2D eigenvalue weighted by molar-refractivity contribution is -0.205. The maximum absolute atomic E-state index is 16.2. The number of benzene rings is 1. The van der Waals surface area contributed by atoms with Crippen molar-refractivity contribution < 1.29 is 44.6 Å². The largest absolute Gasteiger partial charge is 0.530 e. The second-order valence-electron chi connectivity index (χ2n) is 11.5. The van der Waals surface area contributed by atoms with Gasteiger partial charge in [-0.15, -0.1) is 6.42 Å². The van der Waals surface area contributed by atoms with Crippen LogP contribution in [0.5, 0.6) is 5.75 Å². The molecule has 0 saturated carbocycles. The van der Waals surface area contributed by atoms with Gasteiger partial charge in [0.25, 0.3) is 5.85 Å². The number of phosphoric acid groups is 1. The Kier molecular flexibility index (Phi) is 7.02. The van der Waals surface area contributed by atoms with E-state index in [4.69, 9.17) is 39.7 Å². The fraction of sp³-hybridized carbons (Fsp3) is 0.538. The number of terminal acetylenes is 1. The molecule has 0 bridgehead atoms. The first kappa shape index (κ1) is 27.7. The number of nitrogens with zero attached hydrogens (tertiary/aromatic N) is 1. The molecule has 1 fully saturated rings. The number of fused-ring (bicyclic) bond motifs is 1. The molecule has 10 nitrogen and oxygen atoms in total. The molecule has 14 heteroatoms. The van der Waals surface area contributed by atoms with Crippen LogP contribution in [0.2, 0.25) is 0 Å². The number of ether oxygens (including phenoxy) is 1. The Balaban J connectivity index is 1.71. The Hall–Kier alpha value is -2.43. The maximum atomic E-state index is 16.2. The lowest BCUT2D eigenvalue weighted by atomic mass is 9.78. The Morgan fingerprint density at radius 1 is 1.32 bits per heavy atom. The molecule has 3 N–H and O–H groups in total. The van der Waals surface area contributed by atoms with Gasteiger partial charge >= 0.3 is 13.5 Å². The van der Waals surface area contributed by atoms with Crippen LogP contribution in [0.25, 0.3) is 0 Å². The van der Waals surface area contributed by atoms with E-state index in [1.54, 1.807) is 47.6 Å². The van der Waals surface area contributed by atoms with Crippen LogP contribution in [-0.2, 0) is 35.8 Å². The highest BCUT2D eigenvalue weighted by molar-refractivity contribution is 7.71. The van der Waals surface area contributed by atoms with Gasteiger partial charge in [0.15, 0.2) is 6.23 Å². The summed E-state index contributed by atoms with van der Waals surface area (Å²) in [6, 6.07) is 1.55. The molecule has 1 aromatic carbocycles. The molecule has 0 aliphatic carbocycles. The highest BCUT2D eigenvalue weighted by Gasteiger charge is 2.58. The zero-order valence-corrected chi connectivity index (χ0v) is 24.3. The van der Waals surface area contributed by atoms with Crippen molar-refractivity contribution in [2.24, 2.45) is 0 Å². The summed E-state index contributed by atoms with van der Waals surface area (Å²) in [6.45, 7) is 6.28. The maximum Gasteiger partial charge on any atom is 0.530 e. The Morgan fingerprint density at radius 3 is 2.52 bits per heavy atom. The number of rotatable bonds is 4. The van der Waals surface area contributed by atoms with E-state index in [1.807, 2.05) is 0 Å². The predicted octanol–water partition coefficient (Wildman–Crippen LogP) is 4.27. The minimum absolute atomic E-state index is 0.0471. The summed E-state index contributed by atoms with van der Waals surface area (Å²) in [6.07, 6.45) is -0.656. The lowest BCUT2D eigenvalue weighted by Crippen LogP contribution is -2.43. The fourth-order valence-corrected chi connectivity index (χ4v) is 5.55. The van der Waals surface area contributed by atoms with E-state index in [-0.39, 0.29) is 21.5 Å². The summed E-state index contributed by atoms with van der Waals surface area (Å²) in [7, 11) is -5.07. The van der Waals surface area contributed by atoms with E-state index >= 15 is 8.78 Å². The fourth-order valence-electron chi connectivity index (χ4n) is 4.25. The summed E-state index contributed by atoms with van der Waals surface area (Å²) in [4.78, 5) is 14.7. The van der Waals surface area contributed by atoms with Crippen LogP contribution in [0.1, 0.15) is 72.8 Å². The van der Waals surface area contributed by atoms with Crippen LogP contribution in [0.15, 0.2) is 17.1 Å². The molecule has 1 aromatic heterocycles. The van der Waals surface area contributed by atoms with E-state index in [2.05, 4.69) is 10.9 Å². The molecule has 0 amide bonds. The number of nitrogens with one attached hydrogen (secondary N) is 1. The summed E-state index contributed by atoms with van der Waals surface area (Å²) in [5.74, 6) is -2.65. The monoisotopic (exact) mass is 602 g/mol. The number of hydrogen-bond donors (Lipinski definition) is 3. The quantitative estimate of drug-likeness (QED) is 0.267. The first-order chi connectivity index (χ1) is 19.1. The van der Waals surface area contributed by atoms with Crippen molar-refractivity contribution in [1.29, 1.82) is 0 Å². The number of halogens is 2. The number of hydrogen-bond acceptors (Lipinski definition) is 9. The van der Waals surface area contributed by atoms with Crippen molar-refractivity contribution in [3.63, 3.8) is 0 Å². The average Bonchev–Trinajstić information content (AvgIpc) is 3.07. The van der Waals surface area contributed by atoms with Crippen molar-refractivity contribution in [3.05, 3.63) is 55.5 Å². The second-order valence-corrected chi connectivity index (χ2v) is 13.5. The summed E-state index contributed by atoms with van der Waals surface area (Å²) in [5.41, 5.74) is -1.73. The van der Waals surface area contributed by atoms with Crippen LogP contribution in [0, 0.1) is 22.8 Å². The standard InChI is InChI=1S/C26H31F2N2O8PS/c1-8-13-10-30(23(33)29-21(13)40)22-18(31)20(32)26(28,37-22)12-36-39(34)35-11-14-17(27)15(24(2,3)4)9-16(19(14)38-39)25(5,6)7/h1,9-10,18,20,22,31-32H,11-12H2,2-7H3,(H,29,33,40)/t18-,20+,22-,26-,39?/m1/s1/i12D2. The van der Waals surface area contributed by atoms with E-state index < -0.39 is 67.6 Å². The molecule has 1 unspecified atom stereocenters. The molecule has 2 aliphatic heterocycles. The van der Waals surface area contributed by atoms with Gasteiger partial charge in [-0.25, -0.2) is 18.1 Å². The third-order valence-corrected chi connectivity index (χ3v) is 7.97. The van der Waals surface area contributed by atoms with Crippen molar-refractivity contribution in [1.82, 2.24) is 9.55 Å². The van der Waals surface area contributed by atoms with Crippen molar-refractivity contribution in [2.75, 3.05) is 6.56 Å². The van der Waals surface area contributed by atoms with Crippen molar-refractivity contribution in [3.8, 4) is 18.1 Å². The molecule has 2 aliphatic rings. The molecule has 5 atom stereocenters. The zero-order valence-electron chi connectivity index (χ0n) is 24.6. The highest BCUT2D eigenvalue weighted by Crippen LogP contribution is 2.58. The van der Waals surface area contributed by atoms with Gasteiger partial charge in [-0.2, -0.15) is 0 Å². The van der Waals surface area contributed by atoms with E-state index in [0.717, 1.165) is 6.20 Å². The normalized spacial score (nSPS) is 29.7. The molecular weight excluding hydrogens is 569 g/mol. The number of phosphoric ester groups is 1. The topological polar surface area (TPSA) is 132 Å². The number of aliphatic hydroxyl groups is 2. The van der Waals surface area contributed by atoms with Crippen LogP contribution < -0.4 is 10.2 Å². The first-order valence-electron chi connectivity index (χ1n) is 13.1. The number of aromatic amines is 1. The molecule has 0 spiro atoms. The number of aromatic nitrogens is 2. The van der Waals surface area contributed by atoms with Gasteiger partial charge in [0.1, 0.15) is 35.0 Å². The lowest BCUT2D eigenvalue weighted by Gasteiger charge is -2.34. The Labute approximate surface area is 237 Å². The summed E-state index contributed by atoms with van der Waals surface area (Å²) >= 11 is 4.93. The Bertz CT molecular complexity index is 1650. The first-order valence-corrected chi connectivity index (χ1v) is 14.0. The van der Waals surface area contributed by atoms with Gasteiger partial charge in [-0.05, 0) is 22.5 Å². The highest BCUT2D eigenvalue weighted by atomic mass is 32.1. The van der Waals surface area contributed by atoms with Crippen molar-refractivity contribution >= 4 is 20.0 Å². The number of aliphatic hydroxyl groups excluding tert-OH is 2. The van der Waals surface area contributed by atoms with E-state index in [1.165, 1.54) is 0 Å². The molecule has 218 valence electrons. The van der Waals surface area contributed by atoms with Gasteiger partial charge < -0.3 is 19.5 Å². The number of alkyl halides is 1. The number of H-pyrrole nitrogens is 1. The molecular formula is C26H31F2N2O8PS. The van der Waals surface area contributed by atoms with Crippen LogP contribution in [0.4, 0.5) is 8.78 Å². The van der Waals surface area contributed by atoms with Gasteiger partial charge in [0.05, 0.1) is 20.5 Å². The minimum Gasteiger partial charge on any atom is -0.403 e. The van der Waals surface area contributed by atoms with E-state index in [9.17, 15) is 19.6 Å². The second kappa shape index (κ2) is 10.1. The minimum atomic E-state index is -5.07. The van der Waals surface area contributed by atoms with Crippen LogP contribution in [-0.4, -0.2) is 44.4 Å². The molecule has 2 aromatic rings.